The Kier molecular flexibility index (Phi) is 7.65. The highest BCUT2D eigenvalue weighted by Crippen LogP contribution is 2.41. The van der Waals surface area contributed by atoms with Crippen LogP contribution in [0.2, 0.25) is 0 Å². The van der Waals surface area contributed by atoms with Crippen molar-refractivity contribution in [3.05, 3.63) is 71.8 Å². The fourth-order valence-corrected chi connectivity index (χ4v) is 3.70. The predicted octanol–water partition coefficient (Wildman–Crippen LogP) is 4.57. The second-order valence-corrected chi connectivity index (χ2v) is 6.48. The second-order valence-electron chi connectivity index (χ2n) is 6.48. The van der Waals surface area contributed by atoms with E-state index in [1.807, 2.05) is 43.3 Å². The number of hydrogen-bond acceptors (Lipinski definition) is 2. The molecule has 0 spiro atoms. The molecule has 0 N–H and O–H groups in total. The van der Waals surface area contributed by atoms with Crippen LogP contribution < -0.4 is 0 Å². The van der Waals surface area contributed by atoms with Gasteiger partial charge in [0, 0.05) is 13.0 Å². The molecule has 2 nitrogen and oxygen atoms in total. The van der Waals surface area contributed by atoms with Gasteiger partial charge in [0.15, 0.2) is 0 Å². The first-order valence-electron chi connectivity index (χ1n) is 8.32. The van der Waals surface area contributed by atoms with E-state index in [-0.39, 0.29) is 24.1 Å². The topological polar surface area (TPSA) is 20.3 Å². The van der Waals surface area contributed by atoms with Crippen molar-refractivity contribution in [3.8, 4) is 0 Å². The summed E-state index contributed by atoms with van der Waals surface area (Å²) >= 11 is 0. The van der Waals surface area contributed by atoms with Crippen molar-refractivity contribution in [2.75, 3.05) is 20.6 Å². The van der Waals surface area contributed by atoms with Gasteiger partial charge in [-0.25, -0.2) is 0 Å². The molecule has 2 rings (SSSR count). The molecular formula is C21H28ClNO. The maximum atomic E-state index is 13.2. The summed E-state index contributed by atoms with van der Waals surface area (Å²) in [6, 6.07) is 20.5. The van der Waals surface area contributed by atoms with E-state index >= 15 is 0 Å². The van der Waals surface area contributed by atoms with Crippen LogP contribution >= 0.6 is 12.4 Å². The molecule has 0 unspecified atom stereocenters. The Morgan fingerprint density at radius 1 is 0.958 bits per heavy atom. The minimum Gasteiger partial charge on any atom is -0.309 e. The lowest BCUT2D eigenvalue weighted by atomic mass is 9.63. The zero-order valence-electron chi connectivity index (χ0n) is 15.0. The molecule has 0 saturated carbocycles. The molecule has 0 aromatic heterocycles. The fourth-order valence-electron chi connectivity index (χ4n) is 3.70. The molecule has 0 fully saturated rings. The molecule has 2 aromatic rings. The third-order valence-corrected chi connectivity index (χ3v) is 4.60. The Labute approximate surface area is 152 Å². The minimum absolute atomic E-state index is 0. The number of benzene rings is 2. The first kappa shape index (κ1) is 20.4. The summed E-state index contributed by atoms with van der Waals surface area (Å²) in [6.45, 7) is 5.01. The Hall–Kier alpha value is -1.64. The Balaban J connectivity index is 0.00000288. The molecule has 0 aliphatic rings. The van der Waals surface area contributed by atoms with Gasteiger partial charge in [0.1, 0.15) is 5.78 Å². The van der Waals surface area contributed by atoms with Gasteiger partial charge in [-0.3, -0.25) is 4.79 Å². The lowest BCUT2D eigenvalue weighted by Gasteiger charge is -2.40. The maximum Gasteiger partial charge on any atom is 0.147 e. The standard InChI is InChI=1S/C21H27NO.ClH/c1-5-20(23)21(17(2)16-22(3)4,18-12-8-6-9-13-18)19-14-10-7-11-15-19;/h6-15,17H,5,16H2,1-4H3;1H/t17-;/m0./s1. The largest absolute Gasteiger partial charge is 0.309 e. The first-order chi connectivity index (χ1) is 11.0. The molecular weight excluding hydrogens is 318 g/mol. The number of carbonyl (C=O) groups excluding carboxylic acids is 1. The van der Waals surface area contributed by atoms with E-state index in [1.54, 1.807) is 0 Å². The first-order valence-corrected chi connectivity index (χ1v) is 8.32. The Bertz CT molecular complexity index is 585. The normalized spacial score (nSPS) is 12.5. The van der Waals surface area contributed by atoms with Crippen molar-refractivity contribution < 1.29 is 4.79 Å². The summed E-state index contributed by atoms with van der Waals surface area (Å²) < 4.78 is 0. The number of halogens is 1. The molecule has 3 heteroatoms. The summed E-state index contributed by atoms with van der Waals surface area (Å²) in [5.41, 5.74) is 1.58. The number of hydrogen-bond donors (Lipinski definition) is 0. The van der Waals surface area contributed by atoms with Crippen molar-refractivity contribution in [3.63, 3.8) is 0 Å². The molecule has 0 bridgehead atoms. The highest BCUT2D eigenvalue weighted by molar-refractivity contribution is 5.94. The van der Waals surface area contributed by atoms with Crippen molar-refractivity contribution >= 4 is 18.2 Å². The molecule has 0 amide bonds. The smallest absolute Gasteiger partial charge is 0.147 e. The molecule has 0 aliphatic heterocycles. The van der Waals surface area contributed by atoms with E-state index < -0.39 is 5.41 Å². The van der Waals surface area contributed by atoms with E-state index in [2.05, 4.69) is 50.2 Å². The maximum absolute atomic E-state index is 13.2. The average Bonchev–Trinajstić information content (AvgIpc) is 2.56. The van der Waals surface area contributed by atoms with Gasteiger partial charge in [0.25, 0.3) is 0 Å². The lowest BCUT2D eigenvalue weighted by Crippen LogP contribution is -2.46. The highest BCUT2D eigenvalue weighted by atomic mass is 35.5. The minimum atomic E-state index is -0.596. The summed E-state index contributed by atoms with van der Waals surface area (Å²) in [6.07, 6.45) is 0.529. The van der Waals surface area contributed by atoms with Crippen LogP contribution in [0.15, 0.2) is 60.7 Å². The second kappa shape index (κ2) is 9.00. The quantitative estimate of drug-likeness (QED) is 0.732. The summed E-state index contributed by atoms with van der Waals surface area (Å²) in [5.74, 6) is 0.457. The third-order valence-electron chi connectivity index (χ3n) is 4.60. The van der Waals surface area contributed by atoms with E-state index in [1.165, 1.54) is 0 Å². The van der Waals surface area contributed by atoms with Gasteiger partial charge in [0.2, 0.25) is 0 Å². The van der Waals surface area contributed by atoms with Crippen LogP contribution in [-0.4, -0.2) is 31.3 Å². The predicted molar refractivity (Wildman–Crippen MR) is 104 cm³/mol. The monoisotopic (exact) mass is 345 g/mol. The zero-order valence-corrected chi connectivity index (χ0v) is 15.8. The molecule has 0 radical (unpaired) electrons. The van der Waals surface area contributed by atoms with Crippen molar-refractivity contribution in [2.45, 2.75) is 25.7 Å². The van der Waals surface area contributed by atoms with E-state index in [0.717, 1.165) is 17.7 Å². The van der Waals surface area contributed by atoms with Crippen LogP contribution in [-0.2, 0) is 10.2 Å². The van der Waals surface area contributed by atoms with E-state index in [4.69, 9.17) is 0 Å². The van der Waals surface area contributed by atoms with Gasteiger partial charge in [-0.05, 0) is 31.1 Å². The number of nitrogens with zero attached hydrogens (tertiary/aromatic N) is 1. The number of Topliss-reactive ketones (excluding diaryl/α,β-unsaturated/α-hetero) is 1. The van der Waals surface area contributed by atoms with Gasteiger partial charge < -0.3 is 4.90 Å². The summed E-state index contributed by atoms with van der Waals surface area (Å²) in [7, 11) is 4.13. The van der Waals surface area contributed by atoms with Crippen molar-refractivity contribution in [1.29, 1.82) is 0 Å². The van der Waals surface area contributed by atoms with Crippen molar-refractivity contribution in [2.24, 2.45) is 5.92 Å². The van der Waals surface area contributed by atoms with E-state index in [9.17, 15) is 4.79 Å². The van der Waals surface area contributed by atoms with Crippen LogP contribution in [0.1, 0.15) is 31.4 Å². The number of carbonyl (C=O) groups is 1. The molecule has 1 atom stereocenters. The highest BCUT2D eigenvalue weighted by Gasteiger charge is 2.45. The van der Waals surface area contributed by atoms with Crippen LogP contribution in [0.3, 0.4) is 0 Å². The van der Waals surface area contributed by atoms with Crippen LogP contribution in [0.5, 0.6) is 0 Å². The van der Waals surface area contributed by atoms with Crippen LogP contribution in [0, 0.1) is 5.92 Å². The van der Waals surface area contributed by atoms with E-state index in [0.29, 0.717) is 6.42 Å². The average molecular weight is 346 g/mol. The molecule has 0 saturated heterocycles. The van der Waals surface area contributed by atoms with Gasteiger partial charge in [-0.2, -0.15) is 0 Å². The van der Waals surface area contributed by atoms with Gasteiger partial charge in [-0.1, -0.05) is 74.5 Å². The van der Waals surface area contributed by atoms with Crippen molar-refractivity contribution in [1.82, 2.24) is 4.90 Å². The SMILES string of the molecule is CCC(=O)C(c1ccccc1)(c1ccccc1)[C@@H](C)CN(C)C.Cl. The molecule has 0 heterocycles. The Morgan fingerprint density at radius 2 is 1.38 bits per heavy atom. The van der Waals surface area contributed by atoms with Gasteiger partial charge in [-0.15, -0.1) is 12.4 Å². The zero-order chi connectivity index (χ0) is 16.9. The molecule has 2 aromatic carbocycles. The number of ketones is 1. The molecule has 130 valence electrons. The summed E-state index contributed by atoms with van der Waals surface area (Å²) in [4.78, 5) is 15.4. The fraction of sp³-hybridized carbons (Fsp3) is 0.381. The Morgan fingerprint density at radius 3 is 1.71 bits per heavy atom. The third kappa shape index (κ3) is 3.88. The molecule has 24 heavy (non-hydrogen) atoms. The summed E-state index contributed by atoms with van der Waals surface area (Å²) in [5, 5.41) is 0. The van der Waals surface area contributed by atoms with Gasteiger partial charge in [0.05, 0.1) is 5.41 Å². The number of rotatable bonds is 7. The van der Waals surface area contributed by atoms with Crippen LogP contribution in [0.4, 0.5) is 0 Å². The lowest BCUT2D eigenvalue weighted by molar-refractivity contribution is -0.124. The molecule has 0 aliphatic carbocycles. The van der Waals surface area contributed by atoms with Gasteiger partial charge >= 0.3 is 0 Å². The van der Waals surface area contributed by atoms with Crippen LogP contribution in [0.25, 0.3) is 0 Å².